The number of nitrogens with one attached hydrogen (secondary N) is 2. The molecule has 2 N–H and O–H groups in total. The maximum Gasteiger partial charge on any atom is 0.191 e. The van der Waals surface area contributed by atoms with Gasteiger partial charge in [-0.15, -0.1) is 24.0 Å². The van der Waals surface area contributed by atoms with Gasteiger partial charge in [-0.1, -0.05) is 5.16 Å². The molecular formula is C16H31IN4O2. The Bertz CT molecular complexity index is 430. The third-order valence-electron chi connectivity index (χ3n) is 3.36. The normalized spacial score (nSPS) is 11.2. The molecule has 1 aromatic heterocycles. The van der Waals surface area contributed by atoms with Gasteiger partial charge < -0.3 is 19.9 Å². The van der Waals surface area contributed by atoms with Gasteiger partial charge in [0.15, 0.2) is 5.96 Å². The van der Waals surface area contributed by atoms with E-state index in [9.17, 15) is 0 Å². The summed E-state index contributed by atoms with van der Waals surface area (Å²) in [6.45, 7) is 12.1. The zero-order chi connectivity index (χ0) is 16.2. The smallest absolute Gasteiger partial charge is 0.191 e. The fraction of sp³-hybridized carbons (Fsp3) is 0.750. The fourth-order valence-electron chi connectivity index (χ4n) is 2.16. The number of unbranched alkanes of at least 4 members (excludes halogenated alkanes) is 1. The number of aromatic nitrogens is 1. The molecule has 7 heteroatoms. The average Bonchev–Trinajstić information content (AvgIpc) is 2.82. The van der Waals surface area contributed by atoms with Gasteiger partial charge in [-0.3, -0.25) is 4.99 Å². The molecule has 0 aliphatic carbocycles. The van der Waals surface area contributed by atoms with Crippen LogP contribution in [-0.2, 0) is 11.2 Å². The lowest BCUT2D eigenvalue weighted by Crippen LogP contribution is -2.38. The van der Waals surface area contributed by atoms with Crippen molar-refractivity contribution in [2.45, 2.75) is 47.0 Å². The van der Waals surface area contributed by atoms with E-state index in [4.69, 9.17) is 9.26 Å². The predicted molar refractivity (Wildman–Crippen MR) is 105 cm³/mol. The molecule has 0 bridgehead atoms. The van der Waals surface area contributed by atoms with Crippen LogP contribution < -0.4 is 10.6 Å². The van der Waals surface area contributed by atoms with Crippen molar-refractivity contribution in [3.63, 3.8) is 0 Å². The van der Waals surface area contributed by atoms with Crippen molar-refractivity contribution < 1.29 is 9.26 Å². The van der Waals surface area contributed by atoms with E-state index in [-0.39, 0.29) is 24.0 Å². The first-order valence-corrected chi connectivity index (χ1v) is 8.20. The second kappa shape index (κ2) is 13.6. The summed E-state index contributed by atoms with van der Waals surface area (Å²) in [6, 6.07) is 0. The van der Waals surface area contributed by atoms with Gasteiger partial charge >= 0.3 is 0 Å². The Labute approximate surface area is 156 Å². The van der Waals surface area contributed by atoms with Gasteiger partial charge in [0, 0.05) is 38.4 Å². The molecule has 134 valence electrons. The second-order valence-corrected chi connectivity index (χ2v) is 5.14. The molecule has 0 unspecified atom stereocenters. The van der Waals surface area contributed by atoms with Crippen molar-refractivity contribution in [3.05, 3.63) is 17.0 Å². The topological polar surface area (TPSA) is 71.7 Å². The SMILES string of the molecule is CCNC(=NCCCCOCC)NCCc1c(C)noc1C.I. The van der Waals surface area contributed by atoms with Crippen molar-refractivity contribution in [2.75, 3.05) is 32.8 Å². The number of rotatable bonds is 10. The van der Waals surface area contributed by atoms with E-state index in [2.05, 4.69) is 27.7 Å². The molecule has 1 rings (SSSR count). The standard InChI is InChI=1S/C16H30N4O2.HI/c1-5-17-16(18-10-7-8-12-21-6-2)19-11-9-15-13(3)20-22-14(15)4;/h5-12H2,1-4H3,(H2,17,18,19);1H. The van der Waals surface area contributed by atoms with Crippen LogP contribution in [0.1, 0.15) is 43.7 Å². The average molecular weight is 438 g/mol. The Morgan fingerprint density at radius 3 is 2.61 bits per heavy atom. The first-order chi connectivity index (χ1) is 10.7. The summed E-state index contributed by atoms with van der Waals surface area (Å²) < 4.78 is 10.5. The van der Waals surface area contributed by atoms with Crippen LogP contribution in [0.3, 0.4) is 0 Å². The molecule has 0 aromatic carbocycles. The van der Waals surface area contributed by atoms with Gasteiger partial charge in [-0.2, -0.15) is 0 Å². The van der Waals surface area contributed by atoms with Crippen LogP contribution in [0.5, 0.6) is 0 Å². The molecule has 23 heavy (non-hydrogen) atoms. The second-order valence-electron chi connectivity index (χ2n) is 5.14. The Kier molecular flexibility index (Phi) is 13.1. The summed E-state index contributed by atoms with van der Waals surface area (Å²) in [7, 11) is 0. The molecule has 0 saturated carbocycles. The van der Waals surface area contributed by atoms with Crippen molar-refractivity contribution in [1.82, 2.24) is 15.8 Å². The van der Waals surface area contributed by atoms with E-state index in [0.29, 0.717) is 0 Å². The maximum absolute atomic E-state index is 5.32. The van der Waals surface area contributed by atoms with Crippen LogP contribution in [0.15, 0.2) is 9.52 Å². The molecule has 0 saturated heterocycles. The summed E-state index contributed by atoms with van der Waals surface area (Å²) in [5.74, 6) is 1.77. The largest absolute Gasteiger partial charge is 0.382 e. The lowest BCUT2D eigenvalue weighted by molar-refractivity contribution is 0.144. The lowest BCUT2D eigenvalue weighted by Gasteiger charge is -2.11. The summed E-state index contributed by atoms with van der Waals surface area (Å²) >= 11 is 0. The van der Waals surface area contributed by atoms with Gasteiger partial charge in [0.25, 0.3) is 0 Å². The van der Waals surface area contributed by atoms with Crippen LogP contribution in [0.4, 0.5) is 0 Å². The molecule has 0 atom stereocenters. The van der Waals surface area contributed by atoms with Crippen molar-refractivity contribution in [1.29, 1.82) is 0 Å². The Morgan fingerprint density at radius 1 is 1.22 bits per heavy atom. The minimum absolute atomic E-state index is 0. The van der Waals surface area contributed by atoms with Gasteiger partial charge in [-0.25, -0.2) is 0 Å². The van der Waals surface area contributed by atoms with Crippen LogP contribution in [0, 0.1) is 13.8 Å². The van der Waals surface area contributed by atoms with E-state index < -0.39 is 0 Å². The molecule has 0 aliphatic heterocycles. The highest BCUT2D eigenvalue weighted by Crippen LogP contribution is 2.11. The van der Waals surface area contributed by atoms with E-state index in [1.165, 1.54) is 5.56 Å². The van der Waals surface area contributed by atoms with Gasteiger partial charge in [0.1, 0.15) is 5.76 Å². The highest BCUT2D eigenvalue weighted by atomic mass is 127. The Hall–Kier alpha value is -0.830. The molecule has 0 radical (unpaired) electrons. The monoisotopic (exact) mass is 438 g/mol. The van der Waals surface area contributed by atoms with E-state index in [0.717, 1.165) is 69.5 Å². The number of aryl methyl sites for hydroxylation is 2. The molecule has 0 spiro atoms. The number of hydrogen-bond donors (Lipinski definition) is 2. The molecule has 0 amide bonds. The summed E-state index contributed by atoms with van der Waals surface area (Å²) in [6.07, 6.45) is 2.98. The zero-order valence-electron chi connectivity index (χ0n) is 14.8. The number of nitrogens with zero attached hydrogens (tertiary/aromatic N) is 2. The molecular weight excluding hydrogens is 407 g/mol. The van der Waals surface area contributed by atoms with Gasteiger partial charge in [0.2, 0.25) is 0 Å². The van der Waals surface area contributed by atoms with Crippen molar-refractivity contribution in [2.24, 2.45) is 4.99 Å². The van der Waals surface area contributed by atoms with Crippen molar-refractivity contribution >= 4 is 29.9 Å². The maximum atomic E-state index is 5.32. The Morgan fingerprint density at radius 2 is 2.00 bits per heavy atom. The number of halogens is 1. The zero-order valence-corrected chi connectivity index (χ0v) is 17.1. The number of aliphatic imine (C=N–C) groups is 1. The lowest BCUT2D eigenvalue weighted by atomic mass is 10.1. The van der Waals surface area contributed by atoms with Crippen LogP contribution in [0.25, 0.3) is 0 Å². The van der Waals surface area contributed by atoms with Crippen LogP contribution >= 0.6 is 24.0 Å². The molecule has 1 aromatic rings. The number of ether oxygens (including phenoxy) is 1. The molecule has 0 aliphatic rings. The number of hydrogen-bond acceptors (Lipinski definition) is 4. The van der Waals surface area contributed by atoms with E-state index >= 15 is 0 Å². The highest BCUT2D eigenvalue weighted by Gasteiger charge is 2.08. The predicted octanol–water partition coefficient (Wildman–Crippen LogP) is 2.82. The third kappa shape index (κ3) is 9.14. The number of guanidine groups is 1. The van der Waals surface area contributed by atoms with Gasteiger partial charge in [-0.05, 0) is 47.0 Å². The summed E-state index contributed by atoms with van der Waals surface area (Å²) in [5, 5.41) is 10.6. The molecule has 1 heterocycles. The van der Waals surface area contributed by atoms with E-state index in [1.54, 1.807) is 0 Å². The first-order valence-electron chi connectivity index (χ1n) is 8.20. The molecule has 0 fully saturated rings. The summed E-state index contributed by atoms with van der Waals surface area (Å²) in [5.41, 5.74) is 2.15. The molecule has 6 nitrogen and oxygen atoms in total. The van der Waals surface area contributed by atoms with Crippen LogP contribution in [0.2, 0.25) is 0 Å². The van der Waals surface area contributed by atoms with E-state index in [1.807, 2.05) is 20.8 Å². The first kappa shape index (κ1) is 22.2. The Balaban J connectivity index is 0.00000484. The van der Waals surface area contributed by atoms with Crippen molar-refractivity contribution in [3.8, 4) is 0 Å². The van der Waals surface area contributed by atoms with Gasteiger partial charge in [0.05, 0.1) is 5.69 Å². The fourth-order valence-corrected chi connectivity index (χ4v) is 2.16. The highest BCUT2D eigenvalue weighted by molar-refractivity contribution is 14.0. The minimum Gasteiger partial charge on any atom is -0.382 e. The quantitative estimate of drug-likeness (QED) is 0.255. The summed E-state index contributed by atoms with van der Waals surface area (Å²) in [4.78, 5) is 4.57. The minimum atomic E-state index is 0. The third-order valence-corrected chi connectivity index (χ3v) is 3.36. The van der Waals surface area contributed by atoms with Crippen LogP contribution in [-0.4, -0.2) is 44.0 Å².